The molecule has 0 saturated heterocycles. The van der Waals surface area contributed by atoms with Crippen LogP contribution in [-0.2, 0) is 17.8 Å². The van der Waals surface area contributed by atoms with Crippen molar-refractivity contribution in [1.29, 1.82) is 0 Å². The largest absolute Gasteiger partial charge is 0.398 e. The lowest BCUT2D eigenvalue weighted by Gasteiger charge is -2.30. The molecule has 1 aliphatic heterocycles. The van der Waals surface area contributed by atoms with Crippen molar-refractivity contribution in [3.63, 3.8) is 0 Å². The Morgan fingerprint density at radius 3 is 2.71 bits per heavy atom. The van der Waals surface area contributed by atoms with E-state index in [1.54, 1.807) is 12.1 Å². The standard InChI is InChI=1S/C16H14F2N2O/c17-11-6-4-10-5-7-16(21)20(15(10)8-11)9-12-13(18)2-1-3-14(12)19/h1-4,6,8H,5,7,9,19H2. The van der Waals surface area contributed by atoms with Crippen molar-refractivity contribution in [1.82, 2.24) is 0 Å². The number of nitrogens with two attached hydrogens (primary N) is 1. The van der Waals surface area contributed by atoms with Gasteiger partial charge >= 0.3 is 0 Å². The van der Waals surface area contributed by atoms with Gasteiger partial charge in [0.2, 0.25) is 5.91 Å². The first-order valence-electron chi connectivity index (χ1n) is 6.68. The lowest BCUT2D eigenvalue weighted by Crippen LogP contribution is -2.35. The molecule has 0 saturated carbocycles. The first-order chi connectivity index (χ1) is 10.1. The van der Waals surface area contributed by atoms with Gasteiger partial charge < -0.3 is 10.6 Å². The van der Waals surface area contributed by atoms with E-state index in [0.29, 0.717) is 18.5 Å². The highest BCUT2D eigenvalue weighted by molar-refractivity contribution is 5.96. The third kappa shape index (κ3) is 2.46. The maximum atomic E-state index is 13.9. The molecule has 0 unspecified atom stereocenters. The molecule has 0 radical (unpaired) electrons. The summed E-state index contributed by atoms with van der Waals surface area (Å²) in [7, 11) is 0. The summed E-state index contributed by atoms with van der Waals surface area (Å²) in [5.41, 5.74) is 7.69. The second-order valence-corrected chi connectivity index (χ2v) is 5.06. The monoisotopic (exact) mass is 288 g/mol. The minimum Gasteiger partial charge on any atom is -0.398 e. The quantitative estimate of drug-likeness (QED) is 0.863. The van der Waals surface area contributed by atoms with E-state index in [1.807, 2.05) is 0 Å². The van der Waals surface area contributed by atoms with Crippen molar-refractivity contribution < 1.29 is 13.6 Å². The molecule has 2 aromatic rings. The predicted octanol–water partition coefficient (Wildman–Crippen LogP) is 3.03. The Balaban J connectivity index is 2.03. The average molecular weight is 288 g/mol. The number of carbonyl (C=O) groups excluding carboxylic acids is 1. The van der Waals surface area contributed by atoms with Crippen molar-refractivity contribution in [2.24, 2.45) is 0 Å². The minimum absolute atomic E-state index is 0.00773. The van der Waals surface area contributed by atoms with Crippen LogP contribution in [0.1, 0.15) is 17.5 Å². The molecule has 108 valence electrons. The van der Waals surface area contributed by atoms with E-state index < -0.39 is 11.6 Å². The molecule has 1 amide bonds. The first-order valence-corrected chi connectivity index (χ1v) is 6.68. The second kappa shape index (κ2) is 5.16. The Morgan fingerprint density at radius 1 is 1.14 bits per heavy atom. The van der Waals surface area contributed by atoms with Crippen LogP contribution < -0.4 is 10.6 Å². The van der Waals surface area contributed by atoms with Crippen LogP contribution in [0.2, 0.25) is 0 Å². The summed E-state index contributed by atoms with van der Waals surface area (Å²) in [5, 5.41) is 0. The number of carbonyl (C=O) groups is 1. The molecule has 0 atom stereocenters. The van der Waals surface area contributed by atoms with Crippen LogP contribution in [0.25, 0.3) is 0 Å². The maximum Gasteiger partial charge on any atom is 0.227 e. The SMILES string of the molecule is Nc1cccc(F)c1CN1C(=O)CCc2ccc(F)cc21. The van der Waals surface area contributed by atoms with Gasteiger partial charge in [-0.15, -0.1) is 0 Å². The molecule has 3 nitrogen and oxygen atoms in total. The normalized spacial score (nSPS) is 14.2. The van der Waals surface area contributed by atoms with Crippen LogP contribution in [0.5, 0.6) is 0 Å². The van der Waals surface area contributed by atoms with Gasteiger partial charge in [0.25, 0.3) is 0 Å². The molecule has 2 N–H and O–H groups in total. The number of hydrogen-bond donors (Lipinski definition) is 1. The number of amides is 1. The van der Waals surface area contributed by atoms with Crippen molar-refractivity contribution in [3.8, 4) is 0 Å². The lowest BCUT2D eigenvalue weighted by molar-refractivity contribution is -0.119. The third-order valence-corrected chi connectivity index (χ3v) is 3.72. The number of nitrogens with zero attached hydrogens (tertiary/aromatic N) is 1. The summed E-state index contributed by atoms with van der Waals surface area (Å²) < 4.78 is 27.4. The topological polar surface area (TPSA) is 46.3 Å². The van der Waals surface area contributed by atoms with Crippen LogP contribution >= 0.6 is 0 Å². The Bertz CT molecular complexity index is 695. The molecule has 2 aromatic carbocycles. The molecule has 1 heterocycles. The molecule has 0 aliphatic carbocycles. The van der Waals surface area contributed by atoms with Crippen molar-refractivity contribution in [3.05, 3.63) is 59.2 Å². The first kappa shape index (κ1) is 13.5. The fraction of sp³-hybridized carbons (Fsp3) is 0.188. The minimum atomic E-state index is -0.466. The molecular weight excluding hydrogens is 274 g/mol. The summed E-state index contributed by atoms with van der Waals surface area (Å²) in [6.07, 6.45) is 0.894. The predicted molar refractivity (Wildman–Crippen MR) is 76.7 cm³/mol. The van der Waals surface area contributed by atoms with Gasteiger partial charge in [0.15, 0.2) is 0 Å². The van der Waals surface area contributed by atoms with Gasteiger partial charge in [0.1, 0.15) is 11.6 Å². The zero-order valence-electron chi connectivity index (χ0n) is 11.3. The third-order valence-electron chi connectivity index (χ3n) is 3.72. The zero-order chi connectivity index (χ0) is 15.0. The van der Waals surface area contributed by atoms with Gasteiger partial charge in [0, 0.05) is 17.7 Å². The van der Waals surface area contributed by atoms with E-state index in [1.165, 1.54) is 29.2 Å². The van der Waals surface area contributed by atoms with Crippen LogP contribution in [0.15, 0.2) is 36.4 Å². The Kier molecular flexibility index (Phi) is 3.33. The summed E-state index contributed by atoms with van der Waals surface area (Å²) >= 11 is 0. The van der Waals surface area contributed by atoms with Gasteiger partial charge in [-0.2, -0.15) is 0 Å². The van der Waals surface area contributed by atoms with E-state index in [4.69, 9.17) is 5.73 Å². The van der Waals surface area contributed by atoms with E-state index in [-0.39, 0.29) is 23.7 Å². The fourth-order valence-corrected chi connectivity index (χ4v) is 2.58. The smallest absolute Gasteiger partial charge is 0.227 e. The van der Waals surface area contributed by atoms with Gasteiger partial charge in [-0.1, -0.05) is 12.1 Å². The molecule has 21 heavy (non-hydrogen) atoms. The number of aryl methyl sites for hydroxylation is 1. The number of nitrogen functional groups attached to an aromatic ring is 1. The molecule has 5 heteroatoms. The molecule has 1 aliphatic rings. The maximum absolute atomic E-state index is 13.9. The molecule has 0 aromatic heterocycles. The van der Waals surface area contributed by atoms with Gasteiger partial charge in [-0.05, 0) is 36.2 Å². The van der Waals surface area contributed by atoms with Crippen molar-refractivity contribution >= 4 is 17.3 Å². The van der Waals surface area contributed by atoms with Crippen molar-refractivity contribution in [2.45, 2.75) is 19.4 Å². The summed E-state index contributed by atoms with van der Waals surface area (Å²) in [6, 6.07) is 8.73. The Labute approximate surface area is 121 Å². The van der Waals surface area contributed by atoms with Crippen molar-refractivity contribution in [2.75, 3.05) is 10.6 Å². The summed E-state index contributed by atoms with van der Waals surface area (Å²) in [6.45, 7) is 0.00773. The number of rotatable bonds is 2. The average Bonchev–Trinajstić information content (AvgIpc) is 2.45. The van der Waals surface area contributed by atoms with Gasteiger partial charge in [-0.25, -0.2) is 8.78 Å². The van der Waals surface area contributed by atoms with Crippen LogP contribution in [0, 0.1) is 11.6 Å². The zero-order valence-corrected chi connectivity index (χ0v) is 11.3. The Morgan fingerprint density at radius 2 is 1.95 bits per heavy atom. The van der Waals surface area contributed by atoms with Crippen LogP contribution in [0.4, 0.5) is 20.2 Å². The number of benzene rings is 2. The lowest BCUT2D eigenvalue weighted by atomic mass is 10.00. The van der Waals surface area contributed by atoms with E-state index >= 15 is 0 Å². The Hall–Kier alpha value is -2.43. The summed E-state index contributed by atoms with van der Waals surface area (Å²) in [4.78, 5) is 13.5. The van der Waals surface area contributed by atoms with Crippen LogP contribution in [0.3, 0.4) is 0 Å². The van der Waals surface area contributed by atoms with Gasteiger partial charge in [0.05, 0.1) is 12.2 Å². The number of halogens is 2. The second-order valence-electron chi connectivity index (χ2n) is 5.06. The van der Waals surface area contributed by atoms with Gasteiger partial charge in [-0.3, -0.25) is 4.79 Å². The molecule has 0 fully saturated rings. The van der Waals surface area contributed by atoms with E-state index in [9.17, 15) is 13.6 Å². The van der Waals surface area contributed by atoms with E-state index in [2.05, 4.69) is 0 Å². The highest BCUT2D eigenvalue weighted by Gasteiger charge is 2.26. The highest BCUT2D eigenvalue weighted by Crippen LogP contribution is 2.31. The molecule has 3 rings (SSSR count). The molecular formula is C16H14F2N2O. The van der Waals surface area contributed by atoms with Crippen LogP contribution in [-0.4, -0.2) is 5.91 Å². The highest BCUT2D eigenvalue weighted by atomic mass is 19.1. The number of fused-ring (bicyclic) bond motifs is 1. The summed E-state index contributed by atoms with van der Waals surface area (Å²) in [5.74, 6) is -1.04. The van der Waals surface area contributed by atoms with E-state index in [0.717, 1.165) is 5.56 Å². The molecule has 0 bridgehead atoms. The number of anilines is 2. The molecule has 0 spiro atoms. The fourth-order valence-electron chi connectivity index (χ4n) is 2.58. The number of hydrogen-bond acceptors (Lipinski definition) is 2.